The number of carbonyl (C=O) groups excluding carboxylic acids is 2. The van der Waals surface area contributed by atoms with Crippen molar-refractivity contribution >= 4 is 33.3 Å². The first-order chi connectivity index (χ1) is 12.2. The van der Waals surface area contributed by atoms with Gasteiger partial charge in [0.25, 0.3) is 5.91 Å². The smallest absolute Gasteiger partial charge is 0.336 e. The van der Waals surface area contributed by atoms with Gasteiger partial charge >= 0.3 is 5.97 Å². The molecular weight excluding hydrogens is 358 g/mol. The van der Waals surface area contributed by atoms with Gasteiger partial charge in [0.05, 0.1) is 22.9 Å². The van der Waals surface area contributed by atoms with Gasteiger partial charge in [-0.1, -0.05) is 25.3 Å². The molecule has 1 unspecified atom stereocenters. The lowest BCUT2D eigenvalue weighted by atomic mass is 10.0. The highest BCUT2D eigenvalue weighted by molar-refractivity contribution is 7.93. The van der Waals surface area contributed by atoms with Crippen LogP contribution in [0.25, 0.3) is 0 Å². The van der Waals surface area contributed by atoms with Crippen molar-refractivity contribution in [1.82, 2.24) is 0 Å². The number of nitrogens with zero attached hydrogens (tertiary/aromatic N) is 1. The molecule has 1 aliphatic carbocycles. The van der Waals surface area contributed by atoms with Gasteiger partial charge in [-0.15, -0.1) is 0 Å². The number of anilines is 1. The first-order valence-corrected chi connectivity index (χ1v) is 10.3. The number of hydrogen-bond donors (Lipinski definition) is 1. The number of carbonyl (C=O) groups is 3. The van der Waals surface area contributed by atoms with Crippen LogP contribution in [0.4, 0.5) is 5.69 Å². The fraction of sp³-hybridized carbons (Fsp3) is 0.500. The van der Waals surface area contributed by atoms with Gasteiger partial charge in [0.15, 0.2) is 9.84 Å². The highest BCUT2D eigenvalue weighted by Crippen LogP contribution is 2.33. The number of benzene rings is 1. The average molecular weight is 379 g/mol. The lowest BCUT2D eigenvalue weighted by molar-refractivity contribution is -0.121. The van der Waals surface area contributed by atoms with Crippen molar-refractivity contribution in [2.24, 2.45) is 0 Å². The van der Waals surface area contributed by atoms with Gasteiger partial charge in [-0.2, -0.15) is 0 Å². The Balaban J connectivity index is 1.92. The first-order valence-electron chi connectivity index (χ1n) is 8.67. The highest BCUT2D eigenvalue weighted by atomic mass is 32.2. The molecule has 1 aromatic carbocycles. The molecule has 1 saturated heterocycles. The van der Waals surface area contributed by atoms with Gasteiger partial charge in [-0.25, -0.2) is 18.1 Å². The lowest BCUT2D eigenvalue weighted by Crippen LogP contribution is -2.40. The maximum Gasteiger partial charge on any atom is 0.336 e. The lowest BCUT2D eigenvalue weighted by Gasteiger charge is -2.24. The van der Waals surface area contributed by atoms with E-state index in [1.54, 1.807) is 6.92 Å². The summed E-state index contributed by atoms with van der Waals surface area (Å²) in [5.41, 5.74) is 0.567. The molecule has 2 fully saturated rings. The molecule has 26 heavy (non-hydrogen) atoms. The van der Waals surface area contributed by atoms with E-state index in [1.807, 2.05) is 0 Å². The van der Waals surface area contributed by atoms with Crippen LogP contribution in [0.15, 0.2) is 18.2 Å². The van der Waals surface area contributed by atoms with Gasteiger partial charge in [0, 0.05) is 0 Å². The highest BCUT2D eigenvalue weighted by Gasteiger charge is 2.49. The number of carboxylic acid groups (broad SMARTS) is 1. The summed E-state index contributed by atoms with van der Waals surface area (Å²) in [5, 5.41) is 7.29. The van der Waals surface area contributed by atoms with Crippen molar-refractivity contribution in [2.75, 3.05) is 4.90 Å². The normalized spacial score (nSPS) is 22.0. The molecule has 1 heterocycles. The zero-order valence-corrected chi connectivity index (χ0v) is 15.3. The molecule has 1 saturated carbocycles. The largest absolute Gasteiger partial charge is 0.478 e. The second-order valence-electron chi connectivity index (χ2n) is 6.91. The molecular formula is C18H21NO6S. The van der Waals surface area contributed by atoms with Crippen LogP contribution in [-0.4, -0.2) is 41.8 Å². The predicted molar refractivity (Wildman–Crippen MR) is 94.8 cm³/mol. The Bertz CT molecular complexity index is 870. The van der Waals surface area contributed by atoms with Crippen LogP contribution in [-0.2, 0) is 19.4 Å². The maximum atomic E-state index is 12.9. The molecule has 8 heteroatoms. The Morgan fingerprint density at radius 2 is 1.81 bits per heavy atom. The van der Waals surface area contributed by atoms with Gasteiger partial charge < -0.3 is 5.11 Å². The van der Waals surface area contributed by atoms with Crippen molar-refractivity contribution in [1.29, 1.82) is 0 Å². The number of aromatic carboxylic acids is 1. The molecule has 2 aliphatic rings. The summed E-state index contributed by atoms with van der Waals surface area (Å²) in [5.74, 6) is -2.56. The summed E-state index contributed by atoms with van der Waals surface area (Å²) >= 11 is 0. The minimum Gasteiger partial charge on any atom is -0.478 e. The monoisotopic (exact) mass is 379 g/mol. The molecule has 140 valence electrons. The van der Waals surface area contributed by atoms with Crippen LogP contribution in [0.1, 0.15) is 54.4 Å². The van der Waals surface area contributed by atoms with Crippen LogP contribution >= 0.6 is 0 Å². The number of hydrogen-bond acceptors (Lipinski definition) is 5. The van der Waals surface area contributed by atoms with E-state index < -0.39 is 38.1 Å². The number of imide groups is 1. The standard InChI is InChI=1S/C18H21NO6S/c1-11-7-8-12(9-14(11)18(22)23)19-16(20)10-15(17(19)21)26(24,25)13-5-3-2-4-6-13/h7-9,13,15H,2-6,10H2,1H3,(H,22,23). The van der Waals surface area contributed by atoms with Gasteiger partial charge in [0.2, 0.25) is 5.91 Å². The van der Waals surface area contributed by atoms with E-state index in [0.717, 1.165) is 24.2 Å². The van der Waals surface area contributed by atoms with E-state index in [9.17, 15) is 27.9 Å². The summed E-state index contributed by atoms with van der Waals surface area (Å²) in [6, 6.07) is 4.21. The Hall–Kier alpha value is -2.22. The van der Waals surface area contributed by atoms with Crippen LogP contribution in [0.3, 0.4) is 0 Å². The fourth-order valence-electron chi connectivity index (χ4n) is 3.74. The van der Waals surface area contributed by atoms with Crippen molar-refractivity contribution in [3.63, 3.8) is 0 Å². The molecule has 0 aromatic heterocycles. The molecule has 3 rings (SSSR count). The molecule has 1 aliphatic heterocycles. The maximum absolute atomic E-state index is 12.9. The zero-order valence-electron chi connectivity index (χ0n) is 14.5. The number of aryl methyl sites for hydroxylation is 1. The van der Waals surface area contributed by atoms with Crippen LogP contribution in [0.2, 0.25) is 0 Å². The van der Waals surface area contributed by atoms with E-state index in [0.29, 0.717) is 18.4 Å². The van der Waals surface area contributed by atoms with Crippen molar-refractivity contribution in [3.8, 4) is 0 Å². The Morgan fingerprint density at radius 1 is 1.15 bits per heavy atom. The van der Waals surface area contributed by atoms with Crippen molar-refractivity contribution < 1.29 is 27.9 Å². The Morgan fingerprint density at radius 3 is 2.42 bits per heavy atom. The molecule has 0 radical (unpaired) electrons. The third-order valence-electron chi connectivity index (χ3n) is 5.23. The van der Waals surface area contributed by atoms with E-state index in [1.165, 1.54) is 18.2 Å². The van der Waals surface area contributed by atoms with E-state index >= 15 is 0 Å². The zero-order chi connectivity index (χ0) is 19.1. The molecule has 2 amide bonds. The molecule has 1 aromatic rings. The molecule has 1 atom stereocenters. The molecule has 1 N–H and O–H groups in total. The summed E-state index contributed by atoms with van der Waals surface area (Å²) in [4.78, 5) is 37.2. The Labute approximate surface area is 151 Å². The predicted octanol–water partition coefficient (Wildman–Crippen LogP) is 2.07. The quantitative estimate of drug-likeness (QED) is 0.802. The topological polar surface area (TPSA) is 109 Å². The summed E-state index contributed by atoms with van der Waals surface area (Å²) in [6.07, 6.45) is 3.26. The third-order valence-corrected chi connectivity index (χ3v) is 7.79. The number of carboxylic acids is 1. The molecule has 0 bridgehead atoms. The van der Waals surface area contributed by atoms with Gasteiger partial charge in [0.1, 0.15) is 5.25 Å². The molecule has 7 nitrogen and oxygen atoms in total. The van der Waals surface area contributed by atoms with E-state index in [-0.39, 0.29) is 17.7 Å². The second-order valence-corrected chi connectivity index (χ2v) is 9.33. The van der Waals surface area contributed by atoms with Gasteiger partial charge in [-0.3, -0.25) is 9.59 Å². The van der Waals surface area contributed by atoms with Gasteiger partial charge in [-0.05, 0) is 37.5 Å². The average Bonchev–Trinajstić information content (AvgIpc) is 2.91. The van der Waals surface area contributed by atoms with Crippen molar-refractivity contribution in [3.05, 3.63) is 29.3 Å². The first kappa shape index (κ1) is 18.6. The molecule has 0 spiro atoms. The Kier molecular flexibility index (Phi) is 4.88. The third kappa shape index (κ3) is 3.13. The van der Waals surface area contributed by atoms with E-state index in [4.69, 9.17) is 0 Å². The summed E-state index contributed by atoms with van der Waals surface area (Å²) in [7, 11) is -3.75. The van der Waals surface area contributed by atoms with Crippen LogP contribution in [0.5, 0.6) is 0 Å². The van der Waals surface area contributed by atoms with Crippen LogP contribution < -0.4 is 4.90 Å². The number of amides is 2. The minimum atomic E-state index is -3.75. The van der Waals surface area contributed by atoms with Crippen molar-refractivity contribution in [2.45, 2.75) is 55.9 Å². The second kappa shape index (κ2) is 6.83. The summed E-state index contributed by atoms with van der Waals surface area (Å²) < 4.78 is 25.7. The number of sulfone groups is 1. The minimum absolute atomic E-state index is 0.0262. The fourth-order valence-corrected chi connectivity index (χ4v) is 5.95. The summed E-state index contributed by atoms with van der Waals surface area (Å²) in [6.45, 7) is 1.61. The van der Waals surface area contributed by atoms with E-state index in [2.05, 4.69) is 0 Å². The SMILES string of the molecule is Cc1ccc(N2C(=O)CC(S(=O)(=O)C3CCCCC3)C2=O)cc1C(=O)O. The number of rotatable bonds is 4. The van der Waals surface area contributed by atoms with Crippen LogP contribution in [0, 0.1) is 6.92 Å².